The highest BCUT2D eigenvalue weighted by Gasteiger charge is 2.29. The predicted octanol–water partition coefficient (Wildman–Crippen LogP) is 4.18. The molecule has 2 N–H and O–H groups in total. The van der Waals surface area contributed by atoms with Gasteiger partial charge in [0.1, 0.15) is 11.6 Å². The number of benzene rings is 1. The van der Waals surface area contributed by atoms with E-state index in [1.807, 2.05) is 38.5 Å². The normalized spacial score (nSPS) is 13.8. The van der Waals surface area contributed by atoms with Crippen LogP contribution >= 0.6 is 0 Å². The molecular weight excluding hydrogens is 350 g/mol. The summed E-state index contributed by atoms with van der Waals surface area (Å²) in [7, 11) is 3.90. The molecule has 1 amide bonds. The van der Waals surface area contributed by atoms with E-state index in [1.165, 1.54) is 10.9 Å². The molecule has 6 heteroatoms. The minimum atomic E-state index is 0.0569. The third-order valence-corrected chi connectivity index (χ3v) is 5.40. The fourth-order valence-electron chi connectivity index (χ4n) is 3.75. The quantitative estimate of drug-likeness (QED) is 0.564. The molecule has 1 aliphatic carbocycles. The standard InChI is InChI=1S/C22H21N5O/c1-23-21-17-11-24-20(26-22(28)13-7-8-13)9-15(17)16(10-25-21)18-12-27(2)19-6-4-3-5-14(18)19/h3-6,9-13H,7-8H2,1-2H3,(H,23,25)(H,24,26,28). The van der Waals surface area contributed by atoms with Gasteiger partial charge in [-0.05, 0) is 25.0 Å². The summed E-state index contributed by atoms with van der Waals surface area (Å²) in [5.74, 6) is 1.55. The molecule has 1 aliphatic rings. The summed E-state index contributed by atoms with van der Waals surface area (Å²) in [6.07, 6.45) is 7.74. The molecule has 0 radical (unpaired) electrons. The number of amides is 1. The Bertz CT molecular complexity index is 1220. The number of carbonyl (C=O) groups is 1. The smallest absolute Gasteiger partial charge is 0.228 e. The molecule has 3 aromatic heterocycles. The maximum atomic E-state index is 12.2. The van der Waals surface area contributed by atoms with Gasteiger partial charge in [-0.25, -0.2) is 9.97 Å². The Kier molecular flexibility index (Phi) is 3.79. The summed E-state index contributed by atoms with van der Waals surface area (Å²) in [4.78, 5) is 21.2. The van der Waals surface area contributed by atoms with Crippen molar-refractivity contribution in [2.75, 3.05) is 17.7 Å². The number of aryl methyl sites for hydroxylation is 1. The van der Waals surface area contributed by atoms with E-state index >= 15 is 0 Å². The number of rotatable bonds is 4. The lowest BCUT2D eigenvalue weighted by atomic mass is 10.0. The zero-order chi connectivity index (χ0) is 19.3. The molecule has 0 spiro atoms. The van der Waals surface area contributed by atoms with Crippen molar-refractivity contribution in [1.29, 1.82) is 0 Å². The molecule has 1 fully saturated rings. The van der Waals surface area contributed by atoms with Crippen LogP contribution in [0, 0.1) is 5.92 Å². The molecule has 28 heavy (non-hydrogen) atoms. The number of carbonyl (C=O) groups excluding carboxylic acids is 1. The lowest BCUT2D eigenvalue weighted by Crippen LogP contribution is -2.14. The average Bonchev–Trinajstić information content (AvgIpc) is 3.52. The van der Waals surface area contributed by atoms with Gasteiger partial charge in [-0.15, -0.1) is 0 Å². The Labute approximate surface area is 162 Å². The van der Waals surface area contributed by atoms with Gasteiger partial charge in [0.2, 0.25) is 5.91 Å². The van der Waals surface area contributed by atoms with Crippen molar-refractivity contribution in [3.05, 3.63) is 48.9 Å². The highest BCUT2D eigenvalue weighted by atomic mass is 16.2. The van der Waals surface area contributed by atoms with Gasteiger partial charge < -0.3 is 15.2 Å². The number of fused-ring (bicyclic) bond motifs is 2. The molecule has 0 unspecified atom stereocenters. The van der Waals surface area contributed by atoms with Gasteiger partial charge in [-0.1, -0.05) is 18.2 Å². The van der Waals surface area contributed by atoms with Gasteiger partial charge in [-0.3, -0.25) is 4.79 Å². The van der Waals surface area contributed by atoms with Crippen molar-refractivity contribution in [3.8, 4) is 11.1 Å². The summed E-state index contributed by atoms with van der Waals surface area (Å²) in [5, 5.41) is 9.21. The summed E-state index contributed by atoms with van der Waals surface area (Å²) in [5.41, 5.74) is 3.30. The van der Waals surface area contributed by atoms with Crippen molar-refractivity contribution >= 4 is 39.2 Å². The second-order valence-corrected chi connectivity index (χ2v) is 7.32. The third-order valence-electron chi connectivity index (χ3n) is 5.40. The molecule has 0 saturated heterocycles. The number of nitrogens with one attached hydrogen (secondary N) is 2. The van der Waals surface area contributed by atoms with E-state index < -0.39 is 0 Å². The molecular formula is C22H21N5O. The summed E-state index contributed by atoms with van der Waals surface area (Å²) in [6.45, 7) is 0. The highest BCUT2D eigenvalue weighted by molar-refractivity contribution is 6.08. The molecule has 0 bridgehead atoms. The van der Waals surface area contributed by atoms with Crippen LogP contribution in [0.15, 0.2) is 48.9 Å². The molecule has 1 saturated carbocycles. The fourth-order valence-corrected chi connectivity index (χ4v) is 3.75. The van der Waals surface area contributed by atoms with Crippen molar-refractivity contribution in [2.24, 2.45) is 13.0 Å². The average molecular weight is 371 g/mol. The van der Waals surface area contributed by atoms with Gasteiger partial charge in [0, 0.05) is 71.4 Å². The van der Waals surface area contributed by atoms with Crippen molar-refractivity contribution < 1.29 is 4.79 Å². The first-order valence-corrected chi connectivity index (χ1v) is 9.47. The number of anilines is 2. The Morgan fingerprint density at radius 1 is 1.07 bits per heavy atom. The highest BCUT2D eigenvalue weighted by Crippen LogP contribution is 2.37. The van der Waals surface area contributed by atoms with Crippen LogP contribution in [0.1, 0.15) is 12.8 Å². The minimum absolute atomic E-state index is 0.0569. The number of hydrogen-bond donors (Lipinski definition) is 2. The van der Waals surface area contributed by atoms with Crippen LogP contribution in [-0.4, -0.2) is 27.5 Å². The van der Waals surface area contributed by atoms with Gasteiger partial charge >= 0.3 is 0 Å². The first kappa shape index (κ1) is 16.7. The van der Waals surface area contributed by atoms with Crippen molar-refractivity contribution in [1.82, 2.24) is 14.5 Å². The SMILES string of the molecule is CNc1ncc(-c2cn(C)c3ccccc23)c2cc(NC(=O)C3CC3)ncc12. The number of nitrogens with zero attached hydrogens (tertiary/aromatic N) is 3. The summed E-state index contributed by atoms with van der Waals surface area (Å²) in [6, 6.07) is 10.3. The lowest BCUT2D eigenvalue weighted by molar-refractivity contribution is -0.117. The van der Waals surface area contributed by atoms with E-state index in [9.17, 15) is 4.79 Å². The van der Waals surface area contributed by atoms with Crippen LogP contribution < -0.4 is 10.6 Å². The van der Waals surface area contributed by atoms with Crippen LogP contribution in [0.5, 0.6) is 0 Å². The zero-order valence-corrected chi connectivity index (χ0v) is 15.9. The number of hydrogen-bond acceptors (Lipinski definition) is 4. The minimum Gasteiger partial charge on any atom is -0.373 e. The third kappa shape index (κ3) is 2.69. The molecule has 0 aliphatic heterocycles. The first-order valence-electron chi connectivity index (χ1n) is 9.47. The first-order chi connectivity index (χ1) is 13.7. The van der Waals surface area contributed by atoms with E-state index in [0.717, 1.165) is 40.6 Å². The molecule has 3 heterocycles. The zero-order valence-electron chi connectivity index (χ0n) is 15.9. The van der Waals surface area contributed by atoms with Gasteiger partial charge in [0.05, 0.1) is 0 Å². The lowest BCUT2D eigenvalue weighted by Gasteiger charge is -2.11. The van der Waals surface area contributed by atoms with E-state index in [-0.39, 0.29) is 11.8 Å². The fraction of sp³-hybridized carbons (Fsp3) is 0.227. The van der Waals surface area contributed by atoms with Crippen LogP contribution in [0.3, 0.4) is 0 Å². The van der Waals surface area contributed by atoms with Crippen molar-refractivity contribution in [3.63, 3.8) is 0 Å². The van der Waals surface area contributed by atoms with Crippen molar-refractivity contribution in [2.45, 2.75) is 12.8 Å². The molecule has 4 aromatic rings. The number of aromatic nitrogens is 3. The Balaban J connectivity index is 1.71. The van der Waals surface area contributed by atoms with Crippen LogP contribution in [0.25, 0.3) is 32.8 Å². The van der Waals surface area contributed by atoms with Crippen LogP contribution in [0.4, 0.5) is 11.6 Å². The maximum absolute atomic E-state index is 12.2. The van der Waals surface area contributed by atoms with E-state index in [2.05, 4.69) is 43.5 Å². The van der Waals surface area contributed by atoms with Gasteiger partial charge in [-0.2, -0.15) is 0 Å². The topological polar surface area (TPSA) is 71.8 Å². The molecule has 6 nitrogen and oxygen atoms in total. The Morgan fingerprint density at radius 2 is 1.89 bits per heavy atom. The summed E-state index contributed by atoms with van der Waals surface area (Å²) < 4.78 is 2.12. The second kappa shape index (κ2) is 6.34. The number of para-hydroxylation sites is 1. The maximum Gasteiger partial charge on any atom is 0.228 e. The predicted molar refractivity (Wildman–Crippen MR) is 112 cm³/mol. The molecule has 5 rings (SSSR count). The van der Waals surface area contributed by atoms with Gasteiger partial charge in [0.15, 0.2) is 0 Å². The summed E-state index contributed by atoms with van der Waals surface area (Å²) >= 11 is 0. The van der Waals surface area contributed by atoms with E-state index in [1.54, 1.807) is 6.20 Å². The monoisotopic (exact) mass is 371 g/mol. The van der Waals surface area contributed by atoms with Crippen LogP contribution in [-0.2, 0) is 11.8 Å². The Morgan fingerprint density at radius 3 is 2.68 bits per heavy atom. The van der Waals surface area contributed by atoms with Crippen LogP contribution in [0.2, 0.25) is 0 Å². The van der Waals surface area contributed by atoms with E-state index in [0.29, 0.717) is 5.82 Å². The Hall–Kier alpha value is -3.41. The molecule has 0 atom stereocenters. The number of pyridine rings is 2. The molecule has 1 aromatic carbocycles. The second-order valence-electron chi connectivity index (χ2n) is 7.32. The largest absolute Gasteiger partial charge is 0.373 e. The van der Waals surface area contributed by atoms with E-state index in [4.69, 9.17) is 0 Å². The molecule has 140 valence electrons. The van der Waals surface area contributed by atoms with Gasteiger partial charge in [0.25, 0.3) is 0 Å².